The summed E-state index contributed by atoms with van der Waals surface area (Å²) in [5.74, 6) is -0.0222. The van der Waals surface area contributed by atoms with Gasteiger partial charge < -0.3 is 9.84 Å². The minimum atomic E-state index is -0.239. The molecule has 0 unspecified atom stereocenters. The van der Waals surface area contributed by atoms with Crippen molar-refractivity contribution in [3.05, 3.63) is 54.1 Å². The largest absolute Gasteiger partial charge is 0.508 e. The Labute approximate surface area is 118 Å². The third-order valence-electron chi connectivity index (χ3n) is 3.09. The lowest BCUT2D eigenvalue weighted by molar-refractivity contribution is -0.143. The van der Waals surface area contributed by atoms with Crippen molar-refractivity contribution >= 4 is 5.97 Å². The first kappa shape index (κ1) is 14.1. The number of hydrogen-bond donors (Lipinski definition) is 1. The fourth-order valence-corrected chi connectivity index (χ4v) is 2.07. The van der Waals surface area contributed by atoms with Gasteiger partial charge in [-0.15, -0.1) is 0 Å². The van der Waals surface area contributed by atoms with Crippen LogP contribution in [0.2, 0.25) is 0 Å². The summed E-state index contributed by atoms with van der Waals surface area (Å²) in [6.45, 7) is 2.17. The molecule has 3 heteroatoms. The van der Waals surface area contributed by atoms with Gasteiger partial charge in [0.25, 0.3) is 0 Å². The normalized spacial score (nSPS) is 10.2. The van der Waals surface area contributed by atoms with Crippen molar-refractivity contribution in [3.63, 3.8) is 0 Å². The quantitative estimate of drug-likeness (QED) is 0.845. The van der Waals surface area contributed by atoms with E-state index in [1.807, 2.05) is 42.5 Å². The third-order valence-corrected chi connectivity index (χ3v) is 3.09. The predicted octanol–water partition coefficient (Wildman–Crippen LogP) is 3.55. The average Bonchev–Trinajstić information content (AvgIpc) is 2.47. The molecule has 2 rings (SSSR count). The van der Waals surface area contributed by atoms with Gasteiger partial charge in [0, 0.05) is 6.42 Å². The summed E-state index contributed by atoms with van der Waals surface area (Å²) in [7, 11) is 0. The number of benzene rings is 2. The number of rotatable bonds is 5. The van der Waals surface area contributed by atoms with Gasteiger partial charge in [0.2, 0.25) is 0 Å². The van der Waals surface area contributed by atoms with Crippen LogP contribution in [0.4, 0.5) is 0 Å². The second-order valence-corrected chi connectivity index (χ2v) is 4.51. The van der Waals surface area contributed by atoms with Crippen LogP contribution < -0.4 is 0 Å². The number of aryl methyl sites for hydroxylation is 1. The number of hydrogen-bond acceptors (Lipinski definition) is 3. The van der Waals surface area contributed by atoms with E-state index in [1.165, 1.54) is 0 Å². The molecule has 0 atom stereocenters. The molecule has 0 aliphatic rings. The first-order valence-electron chi connectivity index (χ1n) is 6.73. The van der Waals surface area contributed by atoms with Gasteiger partial charge in [-0.1, -0.05) is 36.4 Å². The second kappa shape index (κ2) is 6.75. The molecule has 0 aliphatic carbocycles. The van der Waals surface area contributed by atoms with E-state index < -0.39 is 0 Å². The zero-order chi connectivity index (χ0) is 14.4. The van der Waals surface area contributed by atoms with Gasteiger partial charge in [0.05, 0.1) is 6.61 Å². The number of ether oxygens (including phenoxy) is 1. The summed E-state index contributed by atoms with van der Waals surface area (Å²) >= 11 is 0. The predicted molar refractivity (Wildman–Crippen MR) is 78.5 cm³/mol. The molecular weight excluding hydrogens is 252 g/mol. The molecule has 2 aromatic rings. The third kappa shape index (κ3) is 3.60. The molecule has 1 N–H and O–H groups in total. The van der Waals surface area contributed by atoms with Crippen molar-refractivity contribution in [2.75, 3.05) is 6.61 Å². The van der Waals surface area contributed by atoms with Gasteiger partial charge in [0.1, 0.15) is 5.75 Å². The standard InChI is InChI=1S/C17H18O3/c1-2-20-17(19)11-9-15-12-14(8-10-16(15)18)13-6-4-3-5-7-13/h3-8,10,12,18H,2,9,11H2,1H3. The van der Waals surface area contributed by atoms with E-state index >= 15 is 0 Å². The molecule has 2 aromatic carbocycles. The van der Waals surface area contributed by atoms with Crippen LogP contribution in [0.25, 0.3) is 11.1 Å². The van der Waals surface area contributed by atoms with Crippen LogP contribution in [0.1, 0.15) is 18.9 Å². The molecule has 0 spiro atoms. The van der Waals surface area contributed by atoms with Crippen molar-refractivity contribution in [2.24, 2.45) is 0 Å². The molecule has 104 valence electrons. The van der Waals surface area contributed by atoms with Gasteiger partial charge in [-0.25, -0.2) is 0 Å². The van der Waals surface area contributed by atoms with Crippen LogP contribution in [0.3, 0.4) is 0 Å². The highest BCUT2D eigenvalue weighted by molar-refractivity contribution is 5.70. The van der Waals surface area contributed by atoms with Crippen LogP contribution in [0, 0.1) is 0 Å². The number of carbonyl (C=O) groups is 1. The van der Waals surface area contributed by atoms with Crippen LogP contribution in [-0.4, -0.2) is 17.7 Å². The van der Waals surface area contributed by atoms with E-state index in [-0.39, 0.29) is 18.1 Å². The zero-order valence-electron chi connectivity index (χ0n) is 11.5. The van der Waals surface area contributed by atoms with Gasteiger partial charge in [-0.05, 0) is 42.2 Å². The summed E-state index contributed by atoms with van der Waals surface area (Å²) < 4.78 is 4.90. The summed E-state index contributed by atoms with van der Waals surface area (Å²) in [5.41, 5.74) is 2.88. The maximum Gasteiger partial charge on any atom is 0.306 e. The van der Waals surface area contributed by atoms with E-state index in [0.29, 0.717) is 13.0 Å². The minimum absolute atomic E-state index is 0.217. The molecule has 0 bridgehead atoms. The summed E-state index contributed by atoms with van der Waals surface area (Å²) in [5, 5.41) is 9.87. The maximum absolute atomic E-state index is 11.4. The van der Waals surface area contributed by atoms with Gasteiger partial charge >= 0.3 is 5.97 Å². The Hall–Kier alpha value is -2.29. The Morgan fingerprint density at radius 2 is 1.85 bits per heavy atom. The summed E-state index contributed by atoms with van der Waals surface area (Å²) in [6.07, 6.45) is 0.755. The highest BCUT2D eigenvalue weighted by atomic mass is 16.5. The molecule has 0 fully saturated rings. The van der Waals surface area contributed by atoms with Gasteiger partial charge in [-0.2, -0.15) is 0 Å². The van der Waals surface area contributed by atoms with Gasteiger partial charge in [0.15, 0.2) is 0 Å². The maximum atomic E-state index is 11.4. The molecule has 0 radical (unpaired) electrons. The molecule has 0 heterocycles. The molecule has 0 amide bonds. The lowest BCUT2D eigenvalue weighted by Crippen LogP contribution is -2.05. The lowest BCUT2D eigenvalue weighted by atomic mass is 10.00. The summed E-state index contributed by atoms with van der Waals surface area (Å²) in [6, 6.07) is 15.4. The van der Waals surface area contributed by atoms with Crippen molar-refractivity contribution in [1.29, 1.82) is 0 Å². The second-order valence-electron chi connectivity index (χ2n) is 4.51. The average molecular weight is 270 g/mol. The number of phenols is 1. The lowest BCUT2D eigenvalue weighted by Gasteiger charge is -2.08. The molecular formula is C17H18O3. The molecule has 0 saturated carbocycles. The van der Waals surface area contributed by atoms with E-state index in [2.05, 4.69) is 0 Å². The van der Waals surface area contributed by atoms with Crippen LogP contribution in [0.15, 0.2) is 48.5 Å². The SMILES string of the molecule is CCOC(=O)CCc1cc(-c2ccccc2)ccc1O. The van der Waals surface area contributed by atoms with E-state index in [1.54, 1.807) is 13.0 Å². The smallest absolute Gasteiger partial charge is 0.306 e. The molecule has 3 nitrogen and oxygen atoms in total. The number of aromatic hydroxyl groups is 1. The van der Waals surface area contributed by atoms with Crippen LogP contribution in [-0.2, 0) is 16.0 Å². The first-order chi connectivity index (χ1) is 9.70. The topological polar surface area (TPSA) is 46.5 Å². The van der Waals surface area contributed by atoms with Gasteiger partial charge in [-0.3, -0.25) is 4.79 Å². The fourth-order valence-electron chi connectivity index (χ4n) is 2.07. The highest BCUT2D eigenvalue weighted by Crippen LogP contribution is 2.26. The van der Waals surface area contributed by atoms with Crippen molar-refractivity contribution in [3.8, 4) is 16.9 Å². The minimum Gasteiger partial charge on any atom is -0.508 e. The zero-order valence-corrected chi connectivity index (χ0v) is 11.5. The number of carbonyl (C=O) groups excluding carboxylic acids is 1. The van der Waals surface area contributed by atoms with Crippen LogP contribution >= 0.6 is 0 Å². The fraction of sp³-hybridized carbons (Fsp3) is 0.235. The Balaban J connectivity index is 2.15. The number of esters is 1. The van der Waals surface area contributed by atoms with E-state index in [9.17, 15) is 9.90 Å². The highest BCUT2D eigenvalue weighted by Gasteiger charge is 2.08. The first-order valence-corrected chi connectivity index (χ1v) is 6.73. The van der Waals surface area contributed by atoms with Crippen molar-refractivity contribution in [1.82, 2.24) is 0 Å². The van der Waals surface area contributed by atoms with Crippen molar-refractivity contribution < 1.29 is 14.6 Å². The Bertz CT molecular complexity index is 576. The van der Waals surface area contributed by atoms with Crippen molar-refractivity contribution in [2.45, 2.75) is 19.8 Å². The Morgan fingerprint density at radius 1 is 1.10 bits per heavy atom. The van der Waals surface area contributed by atoms with E-state index in [4.69, 9.17) is 4.74 Å². The van der Waals surface area contributed by atoms with Crippen LogP contribution in [0.5, 0.6) is 5.75 Å². The molecule has 0 aromatic heterocycles. The summed E-state index contributed by atoms with van der Waals surface area (Å²) in [4.78, 5) is 11.4. The molecule has 0 aliphatic heterocycles. The monoisotopic (exact) mass is 270 g/mol. The molecule has 20 heavy (non-hydrogen) atoms. The molecule has 0 saturated heterocycles. The van der Waals surface area contributed by atoms with E-state index in [0.717, 1.165) is 16.7 Å². The Morgan fingerprint density at radius 3 is 2.55 bits per heavy atom. The number of phenolic OH excluding ortho intramolecular Hbond substituents is 1. The Kier molecular flexibility index (Phi) is 4.77.